The SMILES string of the molecule is C=C(C(=O)N1CCC(N(C)CC(O)CO)CC1)c1ccc(Sc2ccc3c(ccn3C)c2)c(Cl)c1Cl. The zero-order chi connectivity index (χ0) is 26.0. The number of aryl methyl sites for hydroxylation is 1. The maximum atomic E-state index is 13.2. The second-order valence-corrected chi connectivity index (χ2v) is 11.1. The highest BCUT2D eigenvalue weighted by Gasteiger charge is 2.28. The number of rotatable bonds is 8. The number of aliphatic hydroxyl groups is 2. The fourth-order valence-electron chi connectivity index (χ4n) is 4.65. The number of aromatic nitrogens is 1. The smallest absolute Gasteiger partial charge is 0.253 e. The van der Waals surface area contributed by atoms with E-state index in [1.54, 1.807) is 4.90 Å². The molecule has 1 atom stereocenters. The molecule has 2 N–H and O–H groups in total. The van der Waals surface area contributed by atoms with Crippen LogP contribution in [0.15, 0.2) is 59.0 Å². The van der Waals surface area contributed by atoms with Gasteiger partial charge in [-0.2, -0.15) is 0 Å². The lowest BCUT2D eigenvalue weighted by Gasteiger charge is -2.37. The molecule has 1 aliphatic heterocycles. The Balaban J connectivity index is 1.41. The quantitative estimate of drug-likeness (QED) is 0.391. The maximum absolute atomic E-state index is 13.2. The van der Waals surface area contributed by atoms with Gasteiger partial charge in [0, 0.05) is 70.8 Å². The van der Waals surface area contributed by atoms with Crippen LogP contribution < -0.4 is 0 Å². The summed E-state index contributed by atoms with van der Waals surface area (Å²) in [6.07, 6.45) is 2.83. The molecule has 0 spiro atoms. The van der Waals surface area contributed by atoms with Gasteiger partial charge >= 0.3 is 0 Å². The minimum atomic E-state index is -0.760. The summed E-state index contributed by atoms with van der Waals surface area (Å²) in [5.41, 5.74) is 2.03. The fourth-order valence-corrected chi connectivity index (χ4v) is 6.17. The number of likely N-dealkylation sites (tertiary alicyclic amines) is 1. The molecule has 9 heteroatoms. The summed E-state index contributed by atoms with van der Waals surface area (Å²) in [4.78, 5) is 18.9. The third-order valence-corrected chi connectivity index (χ3v) is 8.84. The maximum Gasteiger partial charge on any atom is 0.253 e. The summed E-state index contributed by atoms with van der Waals surface area (Å²) in [5.74, 6) is -0.153. The Morgan fingerprint density at radius 1 is 1.19 bits per heavy atom. The minimum absolute atomic E-state index is 0.153. The number of amides is 1. The number of carbonyl (C=O) groups is 1. The Labute approximate surface area is 226 Å². The van der Waals surface area contributed by atoms with Crippen LogP contribution in [0, 0.1) is 0 Å². The van der Waals surface area contributed by atoms with Crippen LogP contribution in [-0.2, 0) is 11.8 Å². The van der Waals surface area contributed by atoms with Gasteiger partial charge in [-0.05, 0) is 50.2 Å². The van der Waals surface area contributed by atoms with Gasteiger partial charge in [-0.3, -0.25) is 4.79 Å². The molecule has 0 bridgehead atoms. The van der Waals surface area contributed by atoms with E-state index < -0.39 is 6.10 Å². The average molecular weight is 549 g/mol. The predicted molar refractivity (Wildman–Crippen MR) is 148 cm³/mol. The van der Waals surface area contributed by atoms with E-state index in [9.17, 15) is 9.90 Å². The van der Waals surface area contributed by atoms with Gasteiger partial charge < -0.3 is 24.6 Å². The van der Waals surface area contributed by atoms with Crippen molar-refractivity contribution in [3.8, 4) is 0 Å². The zero-order valence-electron chi connectivity index (χ0n) is 20.5. The van der Waals surface area contributed by atoms with E-state index in [4.69, 9.17) is 28.3 Å². The van der Waals surface area contributed by atoms with Crippen LogP contribution in [0.4, 0.5) is 0 Å². The molecule has 6 nitrogen and oxygen atoms in total. The third-order valence-electron chi connectivity index (χ3n) is 6.80. The number of benzene rings is 2. The standard InChI is InChI=1S/C27H31Cl2N3O3S/c1-17(27(35)32-12-9-19(10-13-32)31(3)15-20(34)16-33)22-5-7-24(26(29)25(22)28)36-21-4-6-23-18(14-21)8-11-30(23)2/h4-8,11,14,19-20,33-34H,1,9-10,12-13,15-16H2,2-3H3. The molecule has 1 aromatic heterocycles. The molecule has 2 aromatic carbocycles. The van der Waals surface area contributed by atoms with Gasteiger partial charge in [0.15, 0.2) is 0 Å². The number of piperidine rings is 1. The second kappa shape index (κ2) is 11.6. The van der Waals surface area contributed by atoms with Gasteiger partial charge in [0.05, 0.1) is 22.8 Å². The molecule has 0 aliphatic carbocycles. The highest BCUT2D eigenvalue weighted by molar-refractivity contribution is 7.99. The predicted octanol–water partition coefficient (Wildman–Crippen LogP) is 4.93. The number of fused-ring (bicyclic) bond motifs is 1. The molecule has 3 aromatic rings. The number of nitrogens with zero attached hydrogens (tertiary/aromatic N) is 3. The lowest BCUT2D eigenvalue weighted by atomic mass is 10.0. The first-order valence-electron chi connectivity index (χ1n) is 11.9. The molecular weight excluding hydrogens is 517 g/mol. The molecule has 192 valence electrons. The van der Waals surface area contributed by atoms with Gasteiger partial charge in [-0.15, -0.1) is 0 Å². The summed E-state index contributed by atoms with van der Waals surface area (Å²) in [5, 5.41) is 20.7. The Kier molecular flexibility index (Phi) is 8.71. The van der Waals surface area contributed by atoms with Gasteiger partial charge in [0.1, 0.15) is 0 Å². The second-order valence-electron chi connectivity index (χ2n) is 9.27. The third kappa shape index (κ3) is 5.77. The Hall–Kier alpha value is -2.00. The van der Waals surface area contributed by atoms with E-state index in [1.807, 2.05) is 37.3 Å². The summed E-state index contributed by atoms with van der Waals surface area (Å²) in [6.45, 7) is 5.36. The van der Waals surface area contributed by atoms with E-state index in [1.165, 1.54) is 11.8 Å². The first kappa shape index (κ1) is 27.0. The van der Waals surface area contributed by atoms with Crippen LogP contribution in [0.5, 0.6) is 0 Å². The molecule has 1 fully saturated rings. The van der Waals surface area contributed by atoms with Crippen LogP contribution in [0.1, 0.15) is 18.4 Å². The molecule has 1 unspecified atom stereocenters. The van der Waals surface area contributed by atoms with Crippen molar-refractivity contribution in [3.05, 3.63) is 64.8 Å². The minimum Gasteiger partial charge on any atom is -0.394 e. The number of aliphatic hydroxyl groups excluding tert-OH is 2. The number of carbonyl (C=O) groups excluding carboxylic acids is 1. The van der Waals surface area contributed by atoms with Gasteiger partial charge in [0.25, 0.3) is 5.91 Å². The highest BCUT2D eigenvalue weighted by Crippen LogP contribution is 2.41. The largest absolute Gasteiger partial charge is 0.394 e. The van der Waals surface area contributed by atoms with Crippen LogP contribution >= 0.6 is 35.0 Å². The Bertz CT molecular complexity index is 1270. The van der Waals surface area contributed by atoms with Crippen LogP contribution in [0.25, 0.3) is 16.5 Å². The van der Waals surface area contributed by atoms with Crippen LogP contribution in [-0.4, -0.2) is 75.9 Å². The lowest BCUT2D eigenvalue weighted by Crippen LogP contribution is -2.47. The Morgan fingerprint density at radius 3 is 2.61 bits per heavy atom. The summed E-state index contributed by atoms with van der Waals surface area (Å²) < 4.78 is 2.08. The summed E-state index contributed by atoms with van der Waals surface area (Å²) in [6, 6.07) is 12.3. The molecule has 2 heterocycles. The molecule has 0 saturated carbocycles. The number of hydrogen-bond acceptors (Lipinski definition) is 5. The van der Waals surface area contributed by atoms with Crippen molar-refractivity contribution < 1.29 is 15.0 Å². The average Bonchev–Trinajstić information content (AvgIpc) is 3.25. The number of halogens is 2. The normalized spacial score (nSPS) is 15.6. The van der Waals surface area contributed by atoms with Crippen molar-refractivity contribution in [1.82, 2.24) is 14.4 Å². The van der Waals surface area contributed by atoms with Crippen LogP contribution in [0.2, 0.25) is 10.0 Å². The first-order valence-corrected chi connectivity index (χ1v) is 13.5. The lowest BCUT2D eigenvalue weighted by molar-refractivity contribution is -0.126. The van der Waals surface area contributed by atoms with Gasteiger partial charge in [-0.1, -0.05) is 47.6 Å². The molecule has 1 saturated heterocycles. The van der Waals surface area contributed by atoms with Crippen molar-refractivity contribution in [2.24, 2.45) is 7.05 Å². The Morgan fingerprint density at radius 2 is 1.92 bits per heavy atom. The van der Waals surface area contributed by atoms with Crippen molar-refractivity contribution in [3.63, 3.8) is 0 Å². The van der Waals surface area contributed by atoms with E-state index in [0.29, 0.717) is 40.8 Å². The highest BCUT2D eigenvalue weighted by atomic mass is 35.5. The first-order chi connectivity index (χ1) is 17.2. The molecule has 1 aliphatic rings. The molecule has 36 heavy (non-hydrogen) atoms. The van der Waals surface area contributed by atoms with Crippen molar-refractivity contribution >= 4 is 57.3 Å². The van der Waals surface area contributed by atoms with E-state index in [2.05, 4.69) is 35.4 Å². The van der Waals surface area contributed by atoms with Gasteiger partial charge in [-0.25, -0.2) is 0 Å². The monoisotopic (exact) mass is 547 g/mol. The van der Waals surface area contributed by atoms with E-state index in [-0.39, 0.29) is 18.6 Å². The molecule has 1 amide bonds. The molecule has 4 rings (SSSR count). The summed E-state index contributed by atoms with van der Waals surface area (Å²) in [7, 11) is 3.95. The van der Waals surface area contributed by atoms with E-state index >= 15 is 0 Å². The number of hydrogen-bond donors (Lipinski definition) is 2. The van der Waals surface area contributed by atoms with Crippen LogP contribution in [0.3, 0.4) is 0 Å². The fraction of sp³-hybridized carbons (Fsp3) is 0.370. The molecule has 0 radical (unpaired) electrons. The van der Waals surface area contributed by atoms with E-state index in [0.717, 1.165) is 33.5 Å². The van der Waals surface area contributed by atoms with Crippen molar-refractivity contribution in [2.75, 3.05) is 33.3 Å². The van der Waals surface area contributed by atoms with Gasteiger partial charge in [0.2, 0.25) is 0 Å². The zero-order valence-corrected chi connectivity index (χ0v) is 22.8. The number of likely N-dealkylation sites (N-methyl/N-ethyl adjacent to an activating group) is 1. The topological polar surface area (TPSA) is 68.9 Å². The molecular formula is C27H31Cl2N3O3S. The van der Waals surface area contributed by atoms with Crippen molar-refractivity contribution in [2.45, 2.75) is 34.8 Å². The summed E-state index contributed by atoms with van der Waals surface area (Å²) >= 11 is 14.8. The van der Waals surface area contributed by atoms with Crippen molar-refractivity contribution in [1.29, 1.82) is 0 Å².